The van der Waals surface area contributed by atoms with Gasteiger partial charge in [-0.05, 0) is 62.3 Å². The zero-order valence-corrected chi connectivity index (χ0v) is 19.8. The topological polar surface area (TPSA) is 78.0 Å². The Labute approximate surface area is 196 Å². The normalized spacial score (nSPS) is 14.2. The SMILES string of the molecule is COc1ccc(-c2ccc(C(=O)N3CCC(CCOCCCC(C)=O)CC3)cc2)c(OC)n1. The van der Waals surface area contributed by atoms with Crippen molar-refractivity contribution in [1.82, 2.24) is 9.88 Å². The van der Waals surface area contributed by atoms with Crippen LogP contribution in [0, 0.1) is 5.92 Å². The lowest BCUT2D eigenvalue weighted by Crippen LogP contribution is -2.38. The number of benzene rings is 1. The maximum atomic E-state index is 13.0. The number of amides is 1. The third-order valence-corrected chi connectivity index (χ3v) is 6.07. The number of pyridine rings is 1. The molecule has 1 aromatic heterocycles. The van der Waals surface area contributed by atoms with Crippen molar-refractivity contribution in [1.29, 1.82) is 0 Å². The van der Waals surface area contributed by atoms with Crippen molar-refractivity contribution in [3.05, 3.63) is 42.0 Å². The van der Waals surface area contributed by atoms with Gasteiger partial charge < -0.3 is 23.9 Å². The van der Waals surface area contributed by atoms with Crippen LogP contribution in [-0.2, 0) is 9.53 Å². The van der Waals surface area contributed by atoms with Crippen LogP contribution in [0.3, 0.4) is 0 Å². The standard InChI is InChI=1S/C26H34N2O5/c1-19(29)5-4-17-33-18-14-20-12-15-28(16-13-20)26(30)22-8-6-21(7-9-22)23-10-11-24(31-2)27-25(23)32-3/h6-11,20H,4-5,12-18H2,1-3H3. The van der Waals surface area contributed by atoms with E-state index in [-0.39, 0.29) is 11.7 Å². The van der Waals surface area contributed by atoms with Crippen LogP contribution in [0.15, 0.2) is 36.4 Å². The maximum Gasteiger partial charge on any atom is 0.253 e. The molecule has 1 saturated heterocycles. The summed E-state index contributed by atoms with van der Waals surface area (Å²) in [5, 5.41) is 0. The molecule has 1 fully saturated rings. The lowest BCUT2D eigenvalue weighted by molar-refractivity contribution is -0.117. The van der Waals surface area contributed by atoms with E-state index in [0.717, 1.165) is 56.5 Å². The summed E-state index contributed by atoms with van der Waals surface area (Å²) in [4.78, 5) is 30.2. The van der Waals surface area contributed by atoms with Crippen molar-refractivity contribution < 1.29 is 23.8 Å². The minimum Gasteiger partial charge on any atom is -0.481 e. The van der Waals surface area contributed by atoms with Gasteiger partial charge in [-0.2, -0.15) is 4.98 Å². The number of ketones is 1. The van der Waals surface area contributed by atoms with Crippen LogP contribution in [0.2, 0.25) is 0 Å². The van der Waals surface area contributed by atoms with Crippen molar-refractivity contribution in [3.63, 3.8) is 0 Å². The molecule has 1 aliphatic rings. The Morgan fingerprint density at radius 1 is 1.00 bits per heavy atom. The molecule has 0 aliphatic carbocycles. The number of carbonyl (C=O) groups excluding carboxylic acids is 2. The van der Waals surface area contributed by atoms with Gasteiger partial charge in [0.25, 0.3) is 5.91 Å². The zero-order valence-electron chi connectivity index (χ0n) is 19.8. The summed E-state index contributed by atoms with van der Waals surface area (Å²) in [7, 11) is 3.14. The van der Waals surface area contributed by atoms with E-state index >= 15 is 0 Å². The molecule has 0 bridgehead atoms. The molecule has 0 N–H and O–H groups in total. The third kappa shape index (κ3) is 7.02. The first-order chi connectivity index (χ1) is 16.0. The molecule has 1 aromatic carbocycles. The molecule has 0 atom stereocenters. The quantitative estimate of drug-likeness (QED) is 0.469. The molecular weight excluding hydrogens is 420 g/mol. The van der Waals surface area contributed by atoms with Gasteiger partial charge in [0, 0.05) is 49.9 Å². The Hall–Kier alpha value is -2.93. The van der Waals surface area contributed by atoms with Gasteiger partial charge >= 0.3 is 0 Å². The number of ether oxygens (including phenoxy) is 3. The van der Waals surface area contributed by atoms with Gasteiger partial charge in [0.15, 0.2) is 0 Å². The summed E-state index contributed by atoms with van der Waals surface area (Å²) >= 11 is 0. The molecule has 0 saturated carbocycles. The van der Waals surface area contributed by atoms with Crippen LogP contribution in [-0.4, -0.2) is 62.1 Å². The Balaban J connectivity index is 1.48. The van der Waals surface area contributed by atoms with Crippen LogP contribution in [0.4, 0.5) is 0 Å². The van der Waals surface area contributed by atoms with Gasteiger partial charge in [-0.25, -0.2) is 0 Å². The van der Waals surface area contributed by atoms with Crippen molar-refractivity contribution in [2.24, 2.45) is 5.92 Å². The first-order valence-electron chi connectivity index (χ1n) is 11.6. The predicted octanol–water partition coefficient (Wildman–Crippen LogP) is 4.39. The minimum absolute atomic E-state index is 0.0697. The van der Waals surface area contributed by atoms with Crippen molar-refractivity contribution >= 4 is 11.7 Å². The summed E-state index contributed by atoms with van der Waals surface area (Å²) in [5.41, 5.74) is 2.47. The Morgan fingerprint density at radius 3 is 2.36 bits per heavy atom. The van der Waals surface area contributed by atoms with E-state index in [9.17, 15) is 9.59 Å². The molecule has 3 rings (SSSR count). The fraction of sp³-hybridized carbons (Fsp3) is 0.500. The van der Waals surface area contributed by atoms with Gasteiger partial charge in [-0.3, -0.25) is 4.79 Å². The summed E-state index contributed by atoms with van der Waals surface area (Å²) in [6.45, 7) is 4.52. The van der Waals surface area contributed by atoms with Gasteiger partial charge in [-0.1, -0.05) is 12.1 Å². The molecule has 1 amide bonds. The fourth-order valence-electron chi connectivity index (χ4n) is 4.09. The molecule has 0 radical (unpaired) electrons. The lowest BCUT2D eigenvalue weighted by atomic mass is 9.93. The van der Waals surface area contributed by atoms with E-state index in [4.69, 9.17) is 14.2 Å². The summed E-state index contributed by atoms with van der Waals surface area (Å²) < 4.78 is 16.2. The number of hydrogen-bond acceptors (Lipinski definition) is 6. The number of rotatable bonds is 11. The van der Waals surface area contributed by atoms with Gasteiger partial charge in [0.1, 0.15) is 5.78 Å². The highest BCUT2D eigenvalue weighted by Gasteiger charge is 2.23. The second-order valence-corrected chi connectivity index (χ2v) is 8.43. The van der Waals surface area contributed by atoms with Crippen molar-refractivity contribution in [2.75, 3.05) is 40.5 Å². The van der Waals surface area contributed by atoms with Crippen molar-refractivity contribution in [3.8, 4) is 22.9 Å². The number of piperidine rings is 1. The van der Waals surface area contributed by atoms with Crippen LogP contribution in [0.1, 0.15) is 49.4 Å². The molecule has 178 valence electrons. The van der Waals surface area contributed by atoms with E-state index in [1.54, 1.807) is 27.2 Å². The Bertz CT molecular complexity index is 921. The van der Waals surface area contributed by atoms with E-state index < -0.39 is 0 Å². The van der Waals surface area contributed by atoms with Crippen LogP contribution in [0.25, 0.3) is 11.1 Å². The minimum atomic E-state index is 0.0697. The van der Waals surface area contributed by atoms with Crippen LogP contribution >= 0.6 is 0 Å². The fourth-order valence-corrected chi connectivity index (χ4v) is 4.09. The Morgan fingerprint density at radius 2 is 1.73 bits per heavy atom. The number of hydrogen-bond donors (Lipinski definition) is 0. The summed E-state index contributed by atoms with van der Waals surface area (Å²) in [5.74, 6) is 1.84. The molecule has 7 heteroatoms. The number of Topliss-reactive ketones (excluding diaryl/α,β-unsaturated/α-hetero) is 1. The van der Waals surface area contributed by atoms with Gasteiger partial charge in [0.05, 0.1) is 14.2 Å². The highest BCUT2D eigenvalue weighted by atomic mass is 16.5. The number of carbonyl (C=O) groups is 2. The van der Waals surface area contributed by atoms with E-state index in [0.29, 0.717) is 36.3 Å². The first-order valence-corrected chi connectivity index (χ1v) is 11.6. The molecule has 33 heavy (non-hydrogen) atoms. The van der Waals surface area contributed by atoms with E-state index in [2.05, 4.69) is 4.98 Å². The zero-order chi connectivity index (χ0) is 23.6. The first kappa shape index (κ1) is 24.7. The smallest absolute Gasteiger partial charge is 0.253 e. The third-order valence-electron chi connectivity index (χ3n) is 6.07. The lowest BCUT2D eigenvalue weighted by Gasteiger charge is -2.32. The number of aromatic nitrogens is 1. The Kier molecular flexibility index (Phi) is 9.24. The highest BCUT2D eigenvalue weighted by molar-refractivity contribution is 5.94. The average Bonchev–Trinajstić information content (AvgIpc) is 2.85. The second kappa shape index (κ2) is 12.3. The number of likely N-dealkylation sites (tertiary alicyclic amines) is 1. The van der Waals surface area contributed by atoms with Crippen LogP contribution < -0.4 is 9.47 Å². The second-order valence-electron chi connectivity index (χ2n) is 8.43. The average molecular weight is 455 g/mol. The van der Waals surface area contributed by atoms with E-state index in [1.807, 2.05) is 35.2 Å². The van der Waals surface area contributed by atoms with Crippen LogP contribution in [0.5, 0.6) is 11.8 Å². The predicted molar refractivity (Wildman–Crippen MR) is 127 cm³/mol. The van der Waals surface area contributed by atoms with E-state index in [1.165, 1.54) is 0 Å². The molecule has 0 unspecified atom stereocenters. The van der Waals surface area contributed by atoms with Crippen molar-refractivity contribution in [2.45, 2.75) is 39.0 Å². The molecular formula is C26H34N2O5. The monoisotopic (exact) mass is 454 g/mol. The van der Waals surface area contributed by atoms with Gasteiger partial charge in [-0.15, -0.1) is 0 Å². The molecule has 2 aromatic rings. The maximum absolute atomic E-state index is 13.0. The molecule has 2 heterocycles. The largest absolute Gasteiger partial charge is 0.481 e. The molecule has 1 aliphatic heterocycles. The van der Waals surface area contributed by atoms with Gasteiger partial charge in [0.2, 0.25) is 11.8 Å². The number of methoxy groups -OCH3 is 2. The summed E-state index contributed by atoms with van der Waals surface area (Å²) in [6, 6.07) is 11.3. The molecule has 0 spiro atoms. The number of nitrogens with zero attached hydrogens (tertiary/aromatic N) is 2. The molecule has 7 nitrogen and oxygen atoms in total. The highest BCUT2D eigenvalue weighted by Crippen LogP contribution is 2.31. The summed E-state index contributed by atoms with van der Waals surface area (Å²) in [6.07, 6.45) is 4.38.